The topological polar surface area (TPSA) is 32.5 Å². The van der Waals surface area contributed by atoms with Crippen molar-refractivity contribution in [3.8, 4) is 0 Å². The van der Waals surface area contributed by atoms with E-state index < -0.39 is 0 Å². The molecule has 1 aromatic rings. The summed E-state index contributed by atoms with van der Waals surface area (Å²) in [6.45, 7) is 8.63. The van der Waals surface area contributed by atoms with E-state index >= 15 is 0 Å². The van der Waals surface area contributed by atoms with E-state index in [4.69, 9.17) is 5.73 Å². The molecule has 3 heteroatoms. The predicted molar refractivity (Wildman–Crippen MR) is 90.3 cm³/mol. The SMILES string of the molecule is CCC(C)N(C)C1(CN)CCCN(Cc2ccccc2)C1. The Kier molecular flexibility index (Phi) is 5.80. The van der Waals surface area contributed by atoms with Gasteiger partial charge in [-0.05, 0) is 45.3 Å². The predicted octanol–water partition coefficient (Wildman–Crippen LogP) is 2.71. The highest BCUT2D eigenvalue weighted by Crippen LogP contribution is 2.29. The van der Waals surface area contributed by atoms with E-state index in [0.29, 0.717) is 6.04 Å². The van der Waals surface area contributed by atoms with Crippen molar-refractivity contribution in [3.63, 3.8) is 0 Å². The molecular weight excluding hydrogens is 258 g/mol. The van der Waals surface area contributed by atoms with E-state index in [1.807, 2.05) is 0 Å². The van der Waals surface area contributed by atoms with Gasteiger partial charge in [-0.2, -0.15) is 0 Å². The molecule has 1 saturated heterocycles. The summed E-state index contributed by atoms with van der Waals surface area (Å²) in [6.07, 6.45) is 3.64. The summed E-state index contributed by atoms with van der Waals surface area (Å²) in [5.41, 5.74) is 7.76. The van der Waals surface area contributed by atoms with Gasteiger partial charge in [-0.25, -0.2) is 0 Å². The Morgan fingerprint density at radius 2 is 2.05 bits per heavy atom. The molecule has 1 aliphatic rings. The van der Waals surface area contributed by atoms with E-state index in [0.717, 1.165) is 19.6 Å². The fraction of sp³-hybridized carbons (Fsp3) is 0.667. The number of benzene rings is 1. The van der Waals surface area contributed by atoms with Crippen molar-refractivity contribution in [1.29, 1.82) is 0 Å². The lowest BCUT2D eigenvalue weighted by atomic mass is 9.86. The molecule has 0 bridgehead atoms. The van der Waals surface area contributed by atoms with Gasteiger partial charge in [-0.15, -0.1) is 0 Å². The normalized spacial score (nSPS) is 25.2. The number of rotatable bonds is 6. The Morgan fingerprint density at radius 3 is 2.67 bits per heavy atom. The standard InChI is InChI=1S/C18H31N3/c1-4-16(2)20(3)18(14-19)11-8-12-21(15-18)13-17-9-6-5-7-10-17/h5-7,9-10,16H,4,8,11-15,19H2,1-3H3. The zero-order valence-corrected chi connectivity index (χ0v) is 13.9. The average Bonchev–Trinajstić information content (AvgIpc) is 2.54. The Balaban J connectivity index is 2.07. The van der Waals surface area contributed by atoms with E-state index in [9.17, 15) is 0 Å². The van der Waals surface area contributed by atoms with Crippen LogP contribution >= 0.6 is 0 Å². The molecule has 21 heavy (non-hydrogen) atoms. The molecule has 0 aliphatic carbocycles. The second kappa shape index (κ2) is 7.39. The average molecular weight is 289 g/mol. The van der Waals surface area contributed by atoms with Crippen molar-refractivity contribution in [1.82, 2.24) is 9.80 Å². The summed E-state index contributed by atoms with van der Waals surface area (Å²) < 4.78 is 0. The van der Waals surface area contributed by atoms with Crippen molar-refractivity contribution in [2.75, 3.05) is 26.7 Å². The number of nitrogens with two attached hydrogens (primary N) is 1. The van der Waals surface area contributed by atoms with E-state index in [1.165, 1.54) is 31.4 Å². The van der Waals surface area contributed by atoms with Gasteiger partial charge in [0.15, 0.2) is 0 Å². The highest BCUT2D eigenvalue weighted by atomic mass is 15.3. The molecule has 0 aromatic heterocycles. The maximum atomic E-state index is 6.22. The monoisotopic (exact) mass is 289 g/mol. The van der Waals surface area contributed by atoms with Gasteiger partial charge in [0.25, 0.3) is 0 Å². The summed E-state index contributed by atoms with van der Waals surface area (Å²) in [7, 11) is 2.26. The highest BCUT2D eigenvalue weighted by molar-refractivity contribution is 5.15. The van der Waals surface area contributed by atoms with Crippen LogP contribution in [0.3, 0.4) is 0 Å². The first-order valence-electron chi connectivity index (χ1n) is 8.30. The maximum Gasteiger partial charge on any atom is 0.0458 e. The van der Waals surface area contributed by atoms with Crippen LogP contribution in [-0.2, 0) is 6.54 Å². The lowest BCUT2D eigenvalue weighted by Crippen LogP contribution is -2.63. The van der Waals surface area contributed by atoms with Crippen molar-refractivity contribution in [3.05, 3.63) is 35.9 Å². The van der Waals surface area contributed by atoms with Gasteiger partial charge in [0.1, 0.15) is 0 Å². The Hall–Kier alpha value is -0.900. The molecule has 2 unspecified atom stereocenters. The summed E-state index contributed by atoms with van der Waals surface area (Å²) in [6, 6.07) is 11.4. The largest absolute Gasteiger partial charge is 0.329 e. The molecule has 1 fully saturated rings. The molecule has 0 amide bonds. The minimum Gasteiger partial charge on any atom is -0.329 e. The molecule has 1 heterocycles. The van der Waals surface area contributed by atoms with Crippen LogP contribution in [0.2, 0.25) is 0 Å². The molecule has 0 saturated carbocycles. The van der Waals surface area contributed by atoms with Crippen LogP contribution < -0.4 is 5.73 Å². The van der Waals surface area contributed by atoms with Crippen molar-refractivity contribution in [2.24, 2.45) is 5.73 Å². The van der Waals surface area contributed by atoms with Gasteiger partial charge in [0.2, 0.25) is 0 Å². The lowest BCUT2D eigenvalue weighted by molar-refractivity contribution is 0.00747. The smallest absolute Gasteiger partial charge is 0.0458 e. The minimum atomic E-state index is 0.141. The first-order valence-corrected chi connectivity index (χ1v) is 8.30. The quantitative estimate of drug-likeness (QED) is 0.874. The number of hydrogen-bond donors (Lipinski definition) is 1. The molecule has 1 aliphatic heterocycles. The van der Waals surface area contributed by atoms with Gasteiger partial charge in [0.05, 0.1) is 0 Å². The number of nitrogens with zero attached hydrogens (tertiary/aromatic N) is 2. The van der Waals surface area contributed by atoms with Crippen LogP contribution in [0.25, 0.3) is 0 Å². The lowest BCUT2D eigenvalue weighted by Gasteiger charge is -2.50. The molecule has 3 nitrogen and oxygen atoms in total. The maximum absolute atomic E-state index is 6.22. The van der Waals surface area contributed by atoms with Crippen LogP contribution in [0.1, 0.15) is 38.7 Å². The van der Waals surface area contributed by atoms with Gasteiger partial charge in [-0.1, -0.05) is 37.3 Å². The van der Waals surface area contributed by atoms with Crippen LogP contribution in [-0.4, -0.2) is 48.1 Å². The first kappa shape index (κ1) is 16.5. The summed E-state index contributed by atoms with van der Waals surface area (Å²) in [5, 5.41) is 0. The number of hydrogen-bond acceptors (Lipinski definition) is 3. The first-order chi connectivity index (χ1) is 10.1. The Labute approximate surface area is 130 Å². The van der Waals surface area contributed by atoms with Gasteiger partial charge >= 0.3 is 0 Å². The zero-order chi connectivity index (χ0) is 15.3. The molecule has 2 N–H and O–H groups in total. The van der Waals surface area contributed by atoms with Crippen molar-refractivity contribution < 1.29 is 0 Å². The summed E-state index contributed by atoms with van der Waals surface area (Å²) in [4.78, 5) is 5.11. The Morgan fingerprint density at radius 1 is 1.33 bits per heavy atom. The van der Waals surface area contributed by atoms with Crippen LogP contribution in [0.15, 0.2) is 30.3 Å². The molecule has 0 spiro atoms. The van der Waals surface area contributed by atoms with E-state index in [-0.39, 0.29) is 5.54 Å². The third-order valence-electron chi connectivity index (χ3n) is 5.26. The zero-order valence-electron chi connectivity index (χ0n) is 13.9. The minimum absolute atomic E-state index is 0.141. The van der Waals surface area contributed by atoms with Crippen LogP contribution in [0.4, 0.5) is 0 Å². The molecule has 2 atom stereocenters. The highest BCUT2D eigenvalue weighted by Gasteiger charge is 2.39. The molecule has 2 rings (SSSR count). The van der Waals surface area contributed by atoms with E-state index in [1.54, 1.807) is 0 Å². The van der Waals surface area contributed by atoms with Crippen LogP contribution in [0, 0.1) is 0 Å². The number of piperidine rings is 1. The third kappa shape index (κ3) is 3.85. The van der Waals surface area contributed by atoms with Gasteiger partial charge in [-0.3, -0.25) is 9.80 Å². The molecule has 118 valence electrons. The molecule has 0 radical (unpaired) electrons. The fourth-order valence-electron chi connectivity index (χ4n) is 3.52. The van der Waals surface area contributed by atoms with Gasteiger partial charge in [0, 0.05) is 31.2 Å². The fourth-order valence-corrected chi connectivity index (χ4v) is 3.52. The third-order valence-corrected chi connectivity index (χ3v) is 5.26. The molecule has 1 aromatic carbocycles. The second-order valence-corrected chi connectivity index (χ2v) is 6.60. The van der Waals surface area contributed by atoms with Crippen molar-refractivity contribution >= 4 is 0 Å². The number of likely N-dealkylation sites (N-methyl/N-ethyl adjacent to an activating group) is 1. The van der Waals surface area contributed by atoms with E-state index in [2.05, 4.69) is 61.0 Å². The summed E-state index contributed by atoms with van der Waals surface area (Å²) in [5.74, 6) is 0. The second-order valence-electron chi connectivity index (χ2n) is 6.60. The van der Waals surface area contributed by atoms with Gasteiger partial charge < -0.3 is 5.73 Å². The Bertz CT molecular complexity index is 420. The summed E-state index contributed by atoms with van der Waals surface area (Å²) >= 11 is 0. The molecular formula is C18H31N3. The van der Waals surface area contributed by atoms with Crippen molar-refractivity contribution in [2.45, 2.75) is 51.2 Å². The van der Waals surface area contributed by atoms with Crippen LogP contribution in [0.5, 0.6) is 0 Å². The number of likely N-dealkylation sites (tertiary alicyclic amines) is 1.